The molecule has 3 heteroatoms. The Morgan fingerprint density at radius 3 is 2.35 bits per heavy atom. The van der Waals surface area contributed by atoms with Crippen LogP contribution in [0.5, 0.6) is 0 Å². The minimum atomic E-state index is -0.690. The molecule has 2 unspecified atom stereocenters. The molecule has 0 heterocycles. The number of likely N-dealkylation sites (N-methyl/N-ethyl adjacent to an activating group) is 1. The Bertz CT molecular complexity index is 384. The van der Waals surface area contributed by atoms with Gasteiger partial charge in [0.25, 0.3) is 0 Å². The topological polar surface area (TPSA) is 35.5 Å². The SMILES string of the molecule is CCC(Cc1ccc(C)cc1)NCC(C)(O)CN(C)C. The fourth-order valence-corrected chi connectivity index (χ4v) is 2.47. The molecule has 2 atom stereocenters. The Kier molecular flexibility index (Phi) is 6.66. The molecule has 0 spiro atoms. The highest BCUT2D eigenvalue weighted by Gasteiger charge is 2.22. The van der Waals surface area contributed by atoms with E-state index in [9.17, 15) is 5.11 Å². The Labute approximate surface area is 124 Å². The zero-order valence-electron chi connectivity index (χ0n) is 13.6. The fraction of sp³-hybridized carbons (Fsp3) is 0.647. The van der Waals surface area contributed by atoms with Gasteiger partial charge in [-0.15, -0.1) is 0 Å². The normalized spacial score (nSPS) is 16.1. The average molecular weight is 278 g/mol. The standard InChI is InChI=1S/C17H30N2O/c1-6-16(11-15-9-7-14(2)8-10-15)18-12-17(3,20)13-19(4)5/h7-10,16,18,20H,6,11-13H2,1-5H3. The summed E-state index contributed by atoms with van der Waals surface area (Å²) in [5, 5.41) is 13.8. The molecule has 1 aromatic carbocycles. The highest BCUT2D eigenvalue weighted by molar-refractivity contribution is 5.22. The second-order valence-electron chi connectivity index (χ2n) is 6.41. The molecular weight excluding hydrogens is 248 g/mol. The quantitative estimate of drug-likeness (QED) is 0.765. The summed E-state index contributed by atoms with van der Waals surface area (Å²) in [4.78, 5) is 2.02. The number of nitrogens with one attached hydrogen (secondary N) is 1. The first-order chi connectivity index (χ1) is 9.32. The van der Waals surface area contributed by atoms with Crippen molar-refractivity contribution in [3.63, 3.8) is 0 Å². The lowest BCUT2D eigenvalue weighted by Gasteiger charge is -2.29. The maximum Gasteiger partial charge on any atom is 0.0869 e. The van der Waals surface area contributed by atoms with Crippen LogP contribution in [0.25, 0.3) is 0 Å². The van der Waals surface area contributed by atoms with Crippen molar-refractivity contribution in [2.24, 2.45) is 0 Å². The van der Waals surface area contributed by atoms with Crippen LogP contribution in [0.15, 0.2) is 24.3 Å². The summed E-state index contributed by atoms with van der Waals surface area (Å²) >= 11 is 0. The van der Waals surface area contributed by atoms with Crippen molar-refractivity contribution in [2.45, 2.75) is 45.3 Å². The zero-order valence-corrected chi connectivity index (χ0v) is 13.6. The third kappa shape index (κ3) is 6.51. The van der Waals surface area contributed by atoms with Gasteiger partial charge in [-0.2, -0.15) is 0 Å². The summed E-state index contributed by atoms with van der Waals surface area (Å²) in [6, 6.07) is 9.11. The van der Waals surface area contributed by atoms with E-state index in [2.05, 4.69) is 43.4 Å². The van der Waals surface area contributed by atoms with E-state index in [1.165, 1.54) is 11.1 Å². The van der Waals surface area contributed by atoms with Crippen molar-refractivity contribution in [3.05, 3.63) is 35.4 Å². The van der Waals surface area contributed by atoms with E-state index in [4.69, 9.17) is 0 Å². The van der Waals surface area contributed by atoms with Crippen LogP contribution in [0.1, 0.15) is 31.4 Å². The maximum absolute atomic E-state index is 10.3. The van der Waals surface area contributed by atoms with Gasteiger partial charge < -0.3 is 15.3 Å². The molecule has 3 nitrogen and oxygen atoms in total. The molecule has 0 radical (unpaired) electrons. The van der Waals surface area contributed by atoms with Crippen molar-refractivity contribution in [1.82, 2.24) is 10.2 Å². The number of hydrogen-bond donors (Lipinski definition) is 2. The van der Waals surface area contributed by atoms with Gasteiger partial charge in [-0.05, 0) is 46.3 Å². The summed E-state index contributed by atoms with van der Waals surface area (Å²) in [5.74, 6) is 0. The Balaban J connectivity index is 2.49. The van der Waals surface area contributed by atoms with Gasteiger partial charge in [0.2, 0.25) is 0 Å². The van der Waals surface area contributed by atoms with Crippen LogP contribution in [0.3, 0.4) is 0 Å². The van der Waals surface area contributed by atoms with Crippen LogP contribution >= 0.6 is 0 Å². The van der Waals surface area contributed by atoms with Crippen molar-refractivity contribution < 1.29 is 5.11 Å². The molecule has 0 aliphatic heterocycles. The number of hydrogen-bond acceptors (Lipinski definition) is 3. The van der Waals surface area contributed by atoms with Crippen molar-refractivity contribution >= 4 is 0 Å². The zero-order chi connectivity index (χ0) is 15.2. The first kappa shape index (κ1) is 17.2. The molecule has 0 fully saturated rings. The molecule has 0 aromatic heterocycles. The number of aliphatic hydroxyl groups is 1. The van der Waals surface area contributed by atoms with Gasteiger partial charge in [-0.1, -0.05) is 36.8 Å². The molecule has 0 aliphatic rings. The molecule has 0 saturated carbocycles. The fourth-order valence-electron chi connectivity index (χ4n) is 2.47. The molecular formula is C17H30N2O. The first-order valence-corrected chi connectivity index (χ1v) is 7.48. The summed E-state index contributed by atoms with van der Waals surface area (Å²) in [6.45, 7) is 7.47. The first-order valence-electron chi connectivity index (χ1n) is 7.48. The molecule has 0 amide bonds. The van der Waals surface area contributed by atoms with Crippen molar-refractivity contribution in [3.8, 4) is 0 Å². The molecule has 114 valence electrons. The van der Waals surface area contributed by atoms with E-state index in [0.29, 0.717) is 19.1 Å². The second-order valence-corrected chi connectivity index (χ2v) is 6.41. The molecule has 20 heavy (non-hydrogen) atoms. The third-order valence-corrected chi connectivity index (χ3v) is 3.52. The number of aryl methyl sites for hydroxylation is 1. The van der Waals surface area contributed by atoms with Crippen LogP contribution < -0.4 is 5.32 Å². The molecule has 1 rings (SSSR count). The van der Waals surface area contributed by atoms with Crippen LogP contribution in [0.4, 0.5) is 0 Å². The monoisotopic (exact) mass is 278 g/mol. The van der Waals surface area contributed by atoms with Gasteiger partial charge in [0.05, 0.1) is 5.60 Å². The number of rotatable bonds is 8. The lowest BCUT2D eigenvalue weighted by Crippen LogP contribution is -2.48. The van der Waals surface area contributed by atoms with Crippen LogP contribution in [0, 0.1) is 6.92 Å². The Morgan fingerprint density at radius 1 is 1.25 bits per heavy atom. The number of benzene rings is 1. The summed E-state index contributed by atoms with van der Waals surface area (Å²) in [6.07, 6.45) is 2.07. The van der Waals surface area contributed by atoms with E-state index in [1.807, 2.05) is 25.9 Å². The van der Waals surface area contributed by atoms with Gasteiger partial charge in [0, 0.05) is 19.1 Å². The van der Waals surface area contributed by atoms with E-state index in [0.717, 1.165) is 12.8 Å². The molecule has 0 aliphatic carbocycles. The summed E-state index contributed by atoms with van der Waals surface area (Å²) in [7, 11) is 3.97. The van der Waals surface area contributed by atoms with E-state index in [-0.39, 0.29) is 0 Å². The van der Waals surface area contributed by atoms with Crippen LogP contribution in [-0.2, 0) is 6.42 Å². The van der Waals surface area contributed by atoms with Gasteiger partial charge in [0.1, 0.15) is 0 Å². The predicted octanol–water partition coefficient (Wildman–Crippen LogP) is 2.22. The predicted molar refractivity (Wildman–Crippen MR) is 86.1 cm³/mol. The molecule has 0 saturated heterocycles. The lowest BCUT2D eigenvalue weighted by molar-refractivity contribution is 0.0312. The molecule has 0 bridgehead atoms. The number of nitrogens with zero attached hydrogens (tertiary/aromatic N) is 1. The largest absolute Gasteiger partial charge is 0.388 e. The van der Waals surface area contributed by atoms with E-state index < -0.39 is 5.60 Å². The van der Waals surface area contributed by atoms with Gasteiger partial charge in [-0.3, -0.25) is 0 Å². The maximum atomic E-state index is 10.3. The third-order valence-electron chi connectivity index (χ3n) is 3.52. The van der Waals surface area contributed by atoms with E-state index in [1.54, 1.807) is 0 Å². The Hall–Kier alpha value is -0.900. The van der Waals surface area contributed by atoms with Crippen molar-refractivity contribution in [1.29, 1.82) is 0 Å². The second kappa shape index (κ2) is 7.77. The van der Waals surface area contributed by atoms with Crippen LogP contribution in [-0.4, -0.2) is 48.8 Å². The smallest absolute Gasteiger partial charge is 0.0869 e. The average Bonchev–Trinajstić information content (AvgIpc) is 2.35. The van der Waals surface area contributed by atoms with Gasteiger partial charge >= 0.3 is 0 Å². The molecule has 2 N–H and O–H groups in total. The highest BCUT2D eigenvalue weighted by Crippen LogP contribution is 2.09. The summed E-state index contributed by atoms with van der Waals surface area (Å²) in [5.41, 5.74) is 1.95. The van der Waals surface area contributed by atoms with Crippen molar-refractivity contribution in [2.75, 3.05) is 27.2 Å². The Morgan fingerprint density at radius 2 is 1.85 bits per heavy atom. The van der Waals surface area contributed by atoms with Gasteiger partial charge in [-0.25, -0.2) is 0 Å². The van der Waals surface area contributed by atoms with E-state index >= 15 is 0 Å². The van der Waals surface area contributed by atoms with Crippen LogP contribution in [0.2, 0.25) is 0 Å². The lowest BCUT2D eigenvalue weighted by atomic mass is 10.0. The highest BCUT2D eigenvalue weighted by atomic mass is 16.3. The molecule has 1 aromatic rings. The minimum absolute atomic E-state index is 0.409. The summed E-state index contributed by atoms with van der Waals surface area (Å²) < 4.78 is 0. The van der Waals surface area contributed by atoms with Gasteiger partial charge in [0.15, 0.2) is 0 Å². The minimum Gasteiger partial charge on any atom is -0.388 e.